The number of hydrogen-bond donors (Lipinski definition) is 0. The van der Waals surface area contributed by atoms with E-state index in [-0.39, 0.29) is 13.4 Å². The molecule has 342 valence electrons. The maximum absolute atomic E-state index is 6.72. The molecule has 11 aromatic carbocycles. The van der Waals surface area contributed by atoms with Gasteiger partial charge in [0.2, 0.25) is 0 Å². The molecule has 0 radical (unpaired) electrons. The SMILES string of the molecule is c1ccc(N2c3cc4c(cc3B3c5ccc6oc7ccccc7c6c5N(c5ccccc5)c5cccc2c53)B2c3ccc5oc6ccccc6c5c3N(c3ccccc3)c3cccc(c32)N4c2ccccc2)cc1. The van der Waals surface area contributed by atoms with Gasteiger partial charge in [-0.1, -0.05) is 140 Å². The third kappa shape index (κ3) is 5.30. The Kier molecular flexibility index (Phi) is 8.08. The minimum atomic E-state index is -0.138. The van der Waals surface area contributed by atoms with Crippen LogP contribution in [0.25, 0.3) is 43.9 Å². The standard InChI is InChI=1S/C66H40B2N4O2/c1-5-19-41(20-6-1)69-51-29-17-31-53-63(51)67(47-35-37-59-61(45-27-13-15-33-57(45)73-59)65(47)71(53)43-23-9-3-10-24-43)49-39-50-56(40-55(49)69)70(42-21-7-2-8-22-42)52-30-18-32-54-64(52)68(50)48-36-38-60-62(46-28-14-16-34-58(46)74-60)66(48)72(54)44-25-11-4-12-26-44/h1-40H. The summed E-state index contributed by atoms with van der Waals surface area (Å²) in [7, 11) is 0. The second-order valence-corrected chi connectivity index (χ2v) is 19.9. The molecule has 0 aliphatic carbocycles. The maximum atomic E-state index is 6.72. The van der Waals surface area contributed by atoms with Gasteiger partial charge in [-0.25, -0.2) is 0 Å². The molecule has 0 N–H and O–H groups in total. The molecule has 0 amide bonds. The van der Waals surface area contributed by atoms with E-state index in [0.717, 1.165) is 112 Å². The van der Waals surface area contributed by atoms with Crippen LogP contribution in [-0.4, -0.2) is 13.4 Å². The zero-order valence-corrected chi connectivity index (χ0v) is 39.9. The quantitative estimate of drug-likeness (QED) is 0.164. The zero-order chi connectivity index (χ0) is 48.2. The number of nitrogens with zero attached hydrogens (tertiary/aromatic N) is 4. The van der Waals surface area contributed by atoms with Gasteiger partial charge in [-0.05, 0) is 136 Å². The van der Waals surface area contributed by atoms with Crippen molar-refractivity contribution in [1.29, 1.82) is 0 Å². The van der Waals surface area contributed by atoms with E-state index < -0.39 is 0 Å². The molecule has 0 fully saturated rings. The third-order valence-electron chi connectivity index (χ3n) is 16.2. The first-order valence-corrected chi connectivity index (χ1v) is 25.5. The van der Waals surface area contributed by atoms with Crippen LogP contribution in [0.5, 0.6) is 0 Å². The number of furan rings is 2. The Morgan fingerprint density at radius 1 is 0.257 bits per heavy atom. The van der Waals surface area contributed by atoms with Crippen LogP contribution in [0.3, 0.4) is 0 Å². The van der Waals surface area contributed by atoms with Crippen molar-refractivity contribution in [1.82, 2.24) is 0 Å². The first-order valence-electron chi connectivity index (χ1n) is 25.5. The molecule has 0 saturated carbocycles. The van der Waals surface area contributed by atoms with E-state index in [4.69, 9.17) is 8.83 Å². The third-order valence-corrected chi connectivity index (χ3v) is 16.2. The Labute approximate surface area is 427 Å². The molecule has 4 aliphatic heterocycles. The minimum absolute atomic E-state index is 0.138. The van der Waals surface area contributed by atoms with Crippen molar-refractivity contribution in [3.05, 3.63) is 243 Å². The van der Waals surface area contributed by atoms with Gasteiger partial charge < -0.3 is 28.4 Å². The molecule has 0 bridgehead atoms. The van der Waals surface area contributed by atoms with Crippen molar-refractivity contribution in [2.45, 2.75) is 0 Å². The van der Waals surface area contributed by atoms with Crippen molar-refractivity contribution in [3.63, 3.8) is 0 Å². The Morgan fingerprint density at radius 2 is 0.608 bits per heavy atom. The molecule has 0 unspecified atom stereocenters. The van der Waals surface area contributed by atoms with E-state index in [1.165, 1.54) is 32.8 Å². The van der Waals surface area contributed by atoms with Crippen LogP contribution in [0.4, 0.5) is 68.2 Å². The van der Waals surface area contributed by atoms with Gasteiger partial charge in [0.1, 0.15) is 22.3 Å². The highest BCUT2D eigenvalue weighted by Gasteiger charge is 2.49. The smallest absolute Gasteiger partial charge is 0.252 e. The summed E-state index contributed by atoms with van der Waals surface area (Å²) in [6, 6.07) is 88.6. The second-order valence-electron chi connectivity index (χ2n) is 19.9. The number of rotatable bonds is 4. The van der Waals surface area contributed by atoms with Gasteiger partial charge in [0.25, 0.3) is 13.4 Å². The van der Waals surface area contributed by atoms with Gasteiger partial charge in [-0.15, -0.1) is 0 Å². The van der Waals surface area contributed by atoms with Crippen molar-refractivity contribution < 1.29 is 8.83 Å². The van der Waals surface area contributed by atoms with Crippen molar-refractivity contribution >= 4 is 158 Å². The lowest BCUT2D eigenvalue weighted by Gasteiger charge is -2.47. The summed E-state index contributed by atoms with van der Waals surface area (Å²) in [5.41, 5.74) is 24.7. The summed E-state index contributed by atoms with van der Waals surface area (Å²) in [5, 5.41) is 4.45. The van der Waals surface area contributed by atoms with E-state index in [9.17, 15) is 0 Å². The Balaban J connectivity index is 1.02. The minimum Gasteiger partial charge on any atom is -0.456 e. The molecule has 6 nitrogen and oxygen atoms in total. The lowest BCUT2D eigenvalue weighted by molar-refractivity contribution is 0.668. The summed E-state index contributed by atoms with van der Waals surface area (Å²) in [6.07, 6.45) is 0. The van der Waals surface area contributed by atoms with E-state index in [1.54, 1.807) is 0 Å². The van der Waals surface area contributed by atoms with Crippen LogP contribution in [-0.2, 0) is 0 Å². The highest BCUT2D eigenvalue weighted by molar-refractivity contribution is 7.03. The lowest BCUT2D eigenvalue weighted by atomic mass is 9.30. The largest absolute Gasteiger partial charge is 0.456 e. The first-order chi connectivity index (χ1) is 36.8. The monoisotopic (exact) mass is 942 g/mol. The van der Waals surface area contributed by atoms with E-state index >= 15 is 0 Å². The molecule has 13 aromatic rings. The lowest BCUT2D eigenvalue weighted by Crippen LogP contribution is -2.65. The van der Waals surface area contributed by atoms with Gasteiger partial charge in [0.05, 0.1) is 22.1 Å². The molecule has 17 rings (SSSR count). The number of benzene rings is 11. The number of anilines is 12. The fourth-order valence-electron chi connectivity index (χ4n) is 13.4. The number of para-hydroxylation sites is 6. The van der Waals surface area contributed by atoms with Crippen LogP contribution in [0, 0.1) is 0 Å². The number of hydrogen-bond acceptors (Lipinski definition) is 6. The van der Waals surface area contributed by atoms with Gasteiger partial charge in [-0.3, -0.25) is 0 Å². The molecule has 8 heteroatoms. The first kappa shape index (κ1) is 40.0. The maximum Gasteiger partial charge on any atom is 0.252 e. The van der Waals surface area contributed by atoms with Crippen LogP contribution < -0.4 is 52.4 Å². The zero-order valence-electron chi connectivity index (χ0n) is 39.9. The number of fused-ring (bicyclic) bond motifs is 16. The van der Waals surface area contributed by atoms with E-state index in [0.29, 0.717) is 0 Å². The van der Waals surface area contributed by atoms with Gasteiger partial charge in [0.15, 0.2) is 0 Å². The van der Waals surface area contributed by atoms with Crippen LogP contribution >= 0.6 is 0 Å². The predicted molar refractivity (Wildman–Crippen MR) is 309 cm³/mol. The molecular formula is C66H40B2N4O2. The molecule has 0 spiro atoms. The topological polar surface area (TPSA) is 39.2 Å². The summed E-state index contributed by atoms with van der Waals surface area (Å²) < 4.78 is 13.4. The summed E-state index contributed by atoms with van der Waals surface area (Å²) in [5.74, 6) is 0. The van der Waals surface area contributed by atoms with Crippen LogP contribution in [0.15, 0.2) is 251 Å². The van der Waals surface area contributed by atoms with Gasteiger partial charge in [0, 0.05) is 67.6 Å². The summed E-state index contributed by atoms with van der Waals surface area (Å²) in [4.78, 5) is 10.0. The molecule has 6 heterocycles. The average molecular weight is 943 g/mol. The van der Waals surface area contributed by atoms with Crippen molar-refractivity contribution in [2.75, 3.05) is 19.6 Å². The van der Waals surface area contributed by atoms with Crippen LogP contribution in [0.2, 0.25) is 0 Å². The molecular weight excluding hydrogens is 902 g/mol. The molecule has 2 aromatic heterocycles. The summed E-state index contributed by atoms with van der Waals surface area (Å²) in [6.45, 7) is -0.277. The Bertz CT molecular complexity index is 4200. The highest BCUT2D eigenvalue weighted by Crippen LogP contribution is 2.51. The molecule has 0 atom stereocenters. The van der Waals surface area contributed by atoms with Crippen molar-refractivity contribution in [2.24, 2.45) is 0 Å². The Hall–Kier alpha value is -9.65. The molecule has 4 aliphatic rings. The Morgan fingerprint density at radius 3 is 1.01 bits per heavy atom. The van der Waals surface area contributed by atoms with Gasteiger partial charge in [-0.2, -0.15) is 0 Å². The fraction of sp³-hybridized carbons (Fsp3) is 0. The van der Waals surface area contributed by atoms with Gasteiger partial charge >= 0.3 is 0 Å². The normalized spacial score (nSPS) is 13.8. The average Bonchev–Trinajstić information content (AvgIpc) is 4.09. The summed E-state index contributed by atoms with van der Waals surface area (Å²) >= 11 is 0. The van der Waals surface area contributed by atoms with E-state index in [2.05, 4.69) is 262 Å². The van der Waals surface area contributed by atoms with E-state index in [1.807, 2.05) is 0 Å². The second kappa shape index (κ2) is 14.9. The van der Waals surface area contributed by atoms with Crippen LogP contribution in [0.1, 0.15) is 0 Å². The van der Waals surface area contributed by atoms with Crippen molar-refractivity contribution in [3.8, 4) is 0 Å². The predicted octanol–water partition coefficient (Wildman–Crippen LogP) is 13.7. The molecule has 0 saturated heterocycles. The highest BCUT2D eigenvalue weighted by atomic mass is 16.3. The molecule has 74 heavy (non-hydrogen) atoms. The fourth-order valence-corrected chi connectivity index (χ4v) is 13.4.